The summed E-state index contributed by atoms with van der Waals surface area (Å²) in [5, 5.41) is 4.42. The van der Waals surface area contributed by atoms with E-state index >= 15 is 0 Å². The second-order valence-corrected chi connectivity index (χ2v) is 8.02. The van der Waals surface area contributed by atoms with Gasteiger partial charge in [0, 0.05) is 82.4 Å². The molecule has 2 unspecified atom stereocenters. The fourth-order valence-corrected chi connectivity index (χ4v) is 2.19. The van der Waals surface area contributed by atoms with Gasteiger partial charge in [-0.1, -0.05) is 0 Å². The smallest absolute Gasteiger partial charge is 0.331 e. The summed E-state index contributed by atoms with van der Waals surface area (Å²) in [4.78, 5) is 28.0. The van der Waals surface area contributed by atoms with E-state index in [0.717, 1.165) is 0 Å². The van der Waals surface area contributed by atoms with Gasteiger partial charge in [-0.2, -0.15) is 0 Å². The van der Waals surface area contributed by atoms with E-state index in [-0.39, 0.29) is 81.0 Å². The fraction of sp³-hybridized carbons (Fsp3) is 0.500. The number of furan rings is 1. The Morgan fingerprint density at radius 2 is 1.74 bits per heavy atom. The zero-order valence-electron chi connectivity index (χ0n) is 12.9. The van der Waals surface area contributed by atoms with E-state index in [1.54, 1.807) is 13.0 Å². The average molecular weight is 422 g/mol. The molecule has 0 radical (unpaired) electrons. The Labute approximate surface area is 194 Å². The third-order valence-electron chi connectivity index (χ3n) is 2.12. The summed E-state index contributed by atoms with van der Waals surface area (Å²) in [7, 11) is -4.10. The SMILES string of the molecule is CNP(=O)(O)COC(C)=O.CNP(=O)(O)c1ccc(C)o1.[Ar].[Ar]. The van der Waals surface area contributed by atoms with E-state index in [0.29, 0.717) is 5.76 Å². The minimum atomic E-state index is -3.42. The normalized spacial score (nSPS) is 14.7. The van der Waals surface area contributed by atoms with Crippen LogP contribution in [-0.4, -0.2) is 36.2 Å². The minimum absolute atomic E-state index is 0. The van der Waals surface area contributed by atoms with Crippen LogP contribution in [0, 0.1) is 82.4 Å². The van der Waals surface area contributed by atoms with E-state index in [9.17, 15) is 13.9 Å². The van der Waals surface area contributed by atoms with E-state index in [1.807, 2.05) is 0 Å². The van der Waals surface area contributed by atoms with Crippen LogP contribution in [0.4, 0.5) is 0 Å². The molecule has 2 atom stereocenters. The largest absolute Gasteiger partial charge is 0.455 e. The maximum Gasteiger partial charge on any atom is 0.331 e. The molecule has 0 aliphatic heterocycles. The molecule has 0 fully saturated rings. The second kappa shape index (κ2) is 13.7. The van der Waals surface area contributed by atoms with E-state index in [1.165, 1.54) is 27.1 Å². The van der Waals surface area contributed by atoms with Gasteiger partial charge in [-0.25, -0.2) is 10.2 Å². The van der Waals surface area contributed by atoms with Crippen molar-refractivity contribution >= 4 is 26.5 Å². The number of carbonyl (C=O) groups excluding carboxylic acids is 1. The molecule has 0 bridgehead atoms. The van der Waals surface area contributed by atoms with Gasteiger partial charge in [0.05, 0.1) is 0 Å². The second-order valence-electron chi connectivity index (χ2n) is 3.87. The maximum absolute atomic E-state index is 11.1. The van der Waals surface area contributed by atoms with Gasteiger partial charge >= 0.3 is 21.0 Å². The zero-order valence-corrected chi connectivity index (χ0v) is 16.1. The molecule has 1 aromatic rings. The predicted octanol–water partition coefficient (Wildman–Crippen LogP) is 0.530. The summed E-state index contributed by atoms with van der Waals surface area (Å²) in [6.45, 7) is 2.90. The summed E-state index contributed by atoms with van der Waals surface area (Å²) in [6.07, 6.45) is -0.473. The van der Waals surface area contributed by atoms with Gasteiger partial charge in [0.1, 0.15) is 5.76 Å². The van der Waals surface area contributed by atoms with Crippen molar-refractivity contribution in [3.8, 4) is 0 Å². The van der Waals surface area contributed by atoms with Crippen molar-refractivity contribution < 1.29 is 108 Å². The molecule has 0 saturated carbocycles. The fourth-order valence-electron chi connectivity index (χ4n) is 0.938. The maximum atomic E-state index is 11.1. The average Bonchev–Trinajstić information content (AvgIpc) is 2.85. The van der Waals surface area contributed by atoms with Crippen LogP contribution in [0.5, 0.6) is 0 Å². The van der Waals surface area contributed by atoms with Crippen LogP contribution in [0.3, 0.4) is 0 Å². The van der Waals surface area contributed by atoms with Gasteiger partial charge in [0.25, 0.3) is 0 Å². The Morgan fingerprint density at radius 3 is 2.04 bits per heavy atom. The summed E-state index contributed by atoms with van der Waals surface area (Å²) < 4.78 is 31.0. The third kappa shape index (κ3) is 13.4. The molecule has 1 heterocycles. The number of ether oxygens (including phenoxy) is 1. The first-order valence-electron chi connectivity index (χ1n) is 5.77. The Morgan fingerprint density at radius 1 is 1.22 bits per heavy atom. The topological polar surface area (TPSA) is 138 Å². The van der Waals surface area contributed by atoms with Crippen LogP contribution in [0.2, 0.25) is 0 Å². The number of rotatable bonds is 5. The van der Waals surface area contributed by atoms with Crippen molar-refractivity contribution in [2.24, 2.45) is 0 Å². The molecule has 138 valence electrons. The van der Waals surface area contributed by atoms with Gasteiger partial charge in [-0.3, -0.25) is 13.9 Å². The van der Waals surface area contributed by atoms with E-state index in [2.05, 4.69) is 14.9 Å². The number of hydrogen-bond acceptors (Lipinski definition) is 5. The Bertz CT molecular complexity index is 567. The van der Waals surface area contributed by atoms with Crippen molar-refractivity contribution in [3.05, 3.63) is 17.9 Å². The van der Waals surface area contributed by atoms with Gasteiger partial charge < -0.3 is 18.9 Å². The number of hydrogen-bond donors (Lipinski definition) is 4. The quantitative estimate of drug-likeness (QED) is 0.396. The van der Waals surface area contributed by atoms with E-state index < -0.39 is 27.4 Å². The summed E-state index contributed by atoms with van der Waals surface area (Å²) in [6, 6.07) is 3.14. The molecule has 0 aromatic carbocycles. The molecule has 0 amide bonds. The van der Waals surface area contributed by atoms with Crippen molar-refractivity contribution in [1.82, 2.24) is 10.2 Å². The Hall–Kier alpha value is 1.57. The molecule has 0 saturated heterocycles. The van der Waals surface area contributed by atoms with Crippen LogP contribution in [0.25, 0.3) is 0 Å². The minimum Gasteiger partial charge on any atom is -0.455 e. The van der Waals surface area contributed by atoms with Crippen LogP contribution >= 0.6 is 15.0 Å². The Balaban J connectivity index is -0.000000322. The van der Waals surface area contributed by atoms with Crippen LogP contribution in [-0.2, 0) is 18.7 Å². The molecular formula is C10H20Ar2N2O7P2. The number of carbonyl (C=O) groups is 1. The van der Waals surface area contributed by atoms with Crippen molar-refractivity contribution in [3.63, 3.8) is 0 Å². The molecule has 0 aliphatic carbocycles. The number of esters is 1. The molecule has 1 aromatic heterocycles. The predicted molar refractivity (Wildman–Crippen MR) is 77.5 cm³/mol. The summed E-state index contributed by atoms with van der Waals surface area (Å²) in [5.74, 6) is 0.0639. The van der Waals surface area contributed by atoms with Crippen LogP contribution < -0.4 is 15.7 Å². The summed E-state index contributed by atoms with van der Waals surface area (Å²) >= 11 is 0. The molecule has 1 rings (SSSR count). The molecule has 0 aliphatic rings. The van der Waals surface area contributed by atoms with Crippen LogP contribution in [0.1, 0.15) is 12.7 Å². The molecule has 23 heavy (non-hydrogen) atoms. The third-order valence-corrected chi connectivity index (χ3v) is 4.74. The van der Waals surface area contributed by atoms with Crippen LogP contribution in [0.15, 0.2) is 16.5 Å². The van der Waals surface area contributed by atoms with Gasteiger partial charge in [-0.15, -0.1) is 0 Å². The first-order chi connectivity index (χ1) is 9.54. The number of aryl methyl sites for hydroxylation is 1. The van der Waals surface area contributed by atoms with Gasteiger partial charge in [-0.05, 0) is 33.2 Å². The molecular weight excluding hydrogens is 402 g/mol. The first kappa shape index (κ1) is 29.3. The van der Waals surface area contributed by atoms with Crippen molar-refractivity contribution in [2.75, 3.05) is 20.4 Å². The van der Waals surface area contributed by atoms with Crippen molar-refractivity contribution in [1.29, 1.82) is 0 Å². The number of nitrogens with one attached hydrogen (secondary N) is 2. The summed E-state index contributed by atoms with van der Waals surface area (Å²) in [5.41, 5.74) is 0.0949. The molecule has 0 spiro atoms. The molecule has 4 N–H and O–H groups in total. The standard InChI is InChI=1S/C6H10NO3P.C4H10NO4P.2Ar/c1-5-3-4-6(10-5)11(8,9)7-2;1-4(6)9-3-10(7,8)5-2;;/h3-4H,1-2H3,(H2,7,8,9);3H2,1-2H3,(H2,5,7,8);;. The van der Waals surface area contributed by atoms with E-state index in [4.69, 9.17) is 14.2 Å². The molecule has 13 heteroatoms. The monoisotopic (exact) mass is 422 g/mol. The van der Waals surface area contributed by atoms with Crippen molar-refractivity contribution in [2.45, 2.75) is 13.8 Å². The zero-order chi connectivity index (χ0) is 16.7. The molecule has 9 nitrogen and oxygen atoms in total. The Kier molecular flexibility index (Phi) is 17.5. The van der Waals surface area contributed by atoms with Gasteiger partial charge in [0.2, 0.25) is 5.50 Å². The van der Waals surface area contributed by atoms with Gasteiger partial charge in [0.15, 0.2) is 6.35 Å². The first-order valence-corrected chi connectivity index (χ1v) is 9.27.